The average molecular weight is 313 g/mol. The third kappa shape index (κ3) is 3.55. The molecule has 0 aliphatic heterocycles. The van der Waals surface area contributed by atoms with Crippen molar-refractivity contribution in [3.63, 3.8) is 0 Å². The normalized spacial score (nSPS) is 11.2. The van der Waals surface area contributed by atoms with Crippen molar-refractivity contribution < 1.29 is 23.1 Å². The van der Waals surface area contributed by atoms with E-state index in [0.29, 0.717) is 11.4 Å². The van der Waals surface area contributed by atoms with Crippen molar-refractivity contribution in [2.45, 2.75) is 11.5 Å². The highest BCUT2D eigenvalue weighted by Crippen LogP contribution is 2.19. The van der Waals surface area contributed by atoms with Crippen LogP contribution in [0.2, 0.25) is 0 Å². The van der Waals surface area contributed by atoms with Crippen LogP contribution in [-0.2, 0) is 16.4 Å². The minimum absolute atomic E-state index is 0.00603. The second-order valence-electron chi connectivity index (χ2n) is 3.98. The summed E-state index contributed by atoms with van der Waals surface area (Å²) < 4.78 is 28.2. The first-order valence-corrected chi connectivity index (χ1v) is 8.24. The van der Waals surface area contributed by atoms with Gasteiger partial charge in [0.05, 0.1) is 10.6 Å². The van der Waals surface area contributed by atoms with Gasteiger partial charge in [0.15, 0.2) is 9.84 Å². The van der Waals surface area contributed by atoms with Crippen LogP contribution in [0.5, 0.6) is 5.75 Å². The summed E-state index contributed by atoms with van der Waals surface area (Å²) in [7, 11) is -3.29. The molecule has 20 heavy (non-hydrogen) atoms. The number of nitrogens with zero attached hydrogens (tertiary/aromatic N) is 1. The number of carboxylic acids is 1. The molecule has 0 spiro atoms. The summed E-state index contributed by atoms with van der Waals surface area (Å²) in [6, 6.07) is 6.10. The van der Waals surface area contributed by atoms with E-state index in [9.17, 15) is 13.2 Å². The maximum absolute atomic E-state index is 11.4. The van der Waals surface area contributed by atoms with E-state index in [1.165, 1.54) is 12.1 Å². The predicted molar refractivity (Wildman–Crippen MR) is 73.0 cm³/mol. The Hall–Kier alpha value is -1.93. The number of carboxylic acid groups (broad SMARTS) is 1. The Balaban J connectivity index is 2.09. The summed E-state index contributed by atoms with van der Waals surface area (Å²) >= 11 is 1.01. The third-order valence-corrected chi connectivity index (χ3v) is 4.34. The molecule has 0 fully saturated rings. The molecule has 0 unspecified atom stereocenters. The molecule has 8 heteroatoms. The zero-order valence-corrected chi connectivity index (χ0v) is 12.1. The van der Waals surface area contributed by atoms with Crippen molar-refractivity contribution >= 4 is 27.1 Å². The number of hydrogen-bond acceptors (Lipinski definition) is 6. The van der Waals surface area contributed by atoms with Gasteiger partial charge in [-0.05, 0) is 18.2 Å². The van der Waals surface area contributed by atoms with Gasteiger partial charge in [0, 0.05) is 11.6 Å². The molecule has 0 aliphatic carbocycles. The summed E-state index contributed by atoms with van der Waals surface area (Å²) in [5, 5.41) is 10.3. The van der Waals surface area contributed by atoms with Gasteiger partial charge in [-0.1, -0.05) is 6.07 Å². The maximum Gasteiger partial charge on any atom is 0.365 e. The van der Waals surface area contributed by atoms with Gasteiger partial charge in [0.25, 0.3) is 0 Å². The second kappa shape index (κ2) is 5.59. The third-order valence-electron chi connectivity index (χ3n) is 2.36. The lowest BCUT2D eigenvalue weighted by atomic mass is 10.3. The van der Waals surface area contributed by atoms with Gasteiger partial charge >= 0.3 is 5.97 Å². The van der Waals surface area contributed by atoms with Crippen LogP contribution in [0.4, 0.5) is 0 Å². The lowest BCUT2D eigenvalue weighted by molar-refractivity contribution is 0.0696. The first kappa shape index (κ1) is 14.5. The average Bonchev–Trinajstić information content (AvgIpc) is 2.85. The van der Waals surface area contributed by atoms with E-state index in [0.717, 1.165) is 17.6 Å². The molecular weight excluding hydrogens is 302 g/mol. The molecule has 6 nitrogen and oxygen atoms in total. The van der Waals surface area contributed by atoms with Crippen LogP contribution in [0.1, 0.15) is 15.5 Å². The Bertz CT molecular complexity index is 736. The van der Waals surface area contributed by atoms with Crippen molar-refractivity contribution in [3.05, 3.63) is 40.3 Å². The fourth-order valence-corrected chi connectivity index (χ4v) is 2.72. The van der Waals surface area contributed by atoms with E-state index in [4.69, 9.17) is 9.84 Å². The van der Waals surface area contributed by atoms with E-state index < -0.39 is 15.8 Å². The van der Waals surface area contributed by atoms with Gasteiger partial charge in [-0.25, -0.2) is 18.2 Å². The molecule has 0 radical (unpaired) electrons. The molecule has 106 valence electrons. The number of carbonyl (C=O) groups is 1. The topological polar surface area (TPSA) is 93.6 Å². The zero-order chi connectivity index (χ0) is 14.8. The highest BCUT2D eigenvalue weighted by Gasteiger charge is 2.10. The molecule has 0 aliphatic rings. The lowest BCUT2D eigenvalue weighted by Gasteiger charge is -2.05. The summed E-state index contributed by atoms with van der Waals surface area (Å²) in [6.45, 7) is 0.0804. The molecule has 0 saturated heterocycles. The van der Waals surface area contributed by atoms with Crippen LogP contribution < -0.4 is 4.74 Å². The summed E-state index contributed by atoms with van der Waals surface area (Å²) in [5.41, 5.74) is 0.483. The van der Waals surface area contributed by atoms with E-state index in [1.54, 1.807) is 17.5 Å². The fourth-order valence-electron chi connectivity index (χ4n) is 1.42. The number of sulfone groups is 1. The van der Waals surface area contributed by atoms with Crippen LogP contribution in [0.3, 0.4) is 0 Å². The van der Waals surface area contributed by atoms with Crippen molar-refractivity contribution in [1.82, 2.24) is 4.98 Å². The predicted octanol–water partition coefficient (Wildman–Crippen LogP) is 1.82. The molecule has 0 saturated carbocycles. The monoisotopic (exact) mass is 313 g/mol. The molecule has 2 aromatic rings. The Morgan fingerprint density at radius 3 is 2.80 bits per heavy atom. The van der Waals surface area contributed by atoms with Gasteiger partial charge in [-0.15, -0.1) is 11.3 Å². The number of rotatable bonds is 5. The SMILES string of the molecule is CS(=O)(=O)c1cccc(OCc2csc(C(=O)O)n2)c1. The number of benzene rings is 1. The molecule has 1 heterocycles. The molecular formula is C12H11NO5S2. The van der Waals surface area contributed by atoms with Gasteiger partial charge in [-0.2, -0.15) is 0 Å². The Kier molecular flexibility index (Phi) is 4.05. The fraction of sp³-hybridized carbons (Fsp3) is 0.167. The molecule has 0 amide bonds. The van der Waals surface area contributed by atoms with Crippen molar-refractivity contribution in [2.75, 3.05) is 6.26 Å². The van der Waals surface area contributed by atoms with Crippen LogP contribution in [0, 0.1) is 0 Å². The van der Waals surface area contributed by atoms with E-state index in [1.807, 2.05) is 0 Å². The number of hydrogen-bond donors (Lipinski definition) is 1. The van der Waals surface area contributed by atoms with E-state index in [2.05, 4.69) is 4.98 Å². The van der Waals surface area contributed by atoms with Crippen molar-refractivity contribution in [2.24, 2.45) is 0 Å². The van der Waals surface area contributed by atoms with Crippen LogP contribution in [-0.4, -0.2) is 30.7 Å². The zero-order valence-electron chi connectivity index (χ0n) is 10.4. The first-order chi connectivity index (χ1) is 9.36. The molecule has 1 aromatic carbocycles. The standard InChI is InChI=1S/C12H11NO5S2/c1-20(16,17)10-4-2-3-9(5-10)18-6-8-7-19-11(13-8)12(14)15/h2-5,7H,6H2,1H3,(H,14,15). The Labute approximate surface area is 119 Å². The van der Waals surface area contributed by atoms with E-state index in [-0.39, 0.29) is 16.5 Å². The van der Waals surface area contributed by atoms with Crippen LogP contribution in [0.25, 0.3) is 0 Å². The number of aromatic nitrogens is 1. The van der Waals surface area contributed by atoms with Gasteiger partial charge in [-0.3, -0.25) is 0 Å². The van der Waals surface area contributed by atoms with Crippen molar-refractivity contribution in [3.8, 4) is 5.75 Å². The number of ether oxygens (including phenoxy) is 1. The summed E-state index contributed by atoms with van der Waals surface area (Å²) in [5.74, 6) is -0.696. The lowest BCUT2D eigenvalue weighted by Crippen LogP contribution is -2.01. The number of thiazole rings is 1. The first-order valence-electron chi connectivity index (χ1n) is 5.47. The summed E-state index contributed by atoms with van der Waals surface area (Å²) in [6.07, 6.45) is 1.12. The van der Waals surface area contributed by atoms with Gasteiger partial charge in [0.1, 0.15) is 12.4 Å². The maximum atomic E-state index is 11.4. The smallest absolute Gasteiger partial charge is 0.365 e. The largest absolute Gasteiger partial charge is 0.487 e. The molecule has 0 bridgehead atoms. The number of aromatic carboxylic acids is 1. The highest BCUT2D eigenvalue weighted by molar-refractivity contribution is 7.90. The highest BCUT2D eigenvalue weighted by atomic mass is 32.2. The molecule has 2 rings (SSSR count). The quantitative estimate of drug-likeness (QED) is 0.905. The minimum atomic E-state index is -3.29. The second-order valence-corrected chi connectivity index (χ2v) is 6.86. The van der Waals surface area contributed by atoms with Crippen LogP contribution in [0.15, 0.2) is 34.5 Å². The molecule has 1 N–H and O–H groups in total. The van der Waals surface area contributed by atoms with Gasteiger partial charge < -0.3 is 9.84 Å². The van der Waals surface area contributed by atoms with E-state index >= 15 is 0 Å². The van der Waals surface area contributed by atoms with Crippen molar-refractivity contribution in [1.29, 1.82) is 0 Å². The summed E-state index contributed by atoms with van der Waals surface area (Å²) in [4.78, 5) is 14.7. The van der Waals surface area contributed by atoms with Crippen LogP contribution >= 0.6 is 11.3 Å². The molecule has 0 atom stereocenters. The van der Waals surface area contributed by atoms with Gasteiger partial charge in [0.2, 0.25) is 5.01 Å². The Morgan fingerprint density at radius 2 is 2.20 bits per heavy atom. The Morgan fingerprint density at radius 1 is 1.45 bits per heavy atom. The minimum Gasteiger partial charge on any atom is -0.487 e. The molecule has 1 aromatic heterocycles.